The van der Waals surface area contributed by atoms with Crippen molar-refractivity contribution < 1.29 is 19.5 Å². The van der Waals surface area contributed by atoms with Gasteiger partial charge in [-0.1, -0.05) is 18.2 Å². The Kier molecular flexibility index (Phi) is 4.21. The minimum Gasteiger partial charge on any atom is -0.478 e. The van der Waals surface area contributed by atoms with Crippen molar-refractivity contribution in [1.29, 1.82) is 0 Å². The van der Waals surface area contributed by atoms with Crippen LogP contribution in [-0.2, 0) is 16.0 Å². The first-order valence-corrected chi connectivity index (χ1v) is 6.97. The van der Waals surface area contributed by atoms with Gasteiger partial charge in [0, 0.05) is 6.54 Å². The molecule has 1 saturated heterocycles. The largest absolute Gasteiger partial charge is 0.478 e. The van der Waals surface area contributed by atoms with Crippen LogP contribution >= 0.6 is 11.8 Å². The summed E-state index contributed by atoms with van der Waals surface area (Å²) < 4.78 is 0. The zero-order valence-electron chi connectivity index (χ0n) is 10.2. The van der Waals surface area contributed by atoms with Crippen LogP contribution in [0.5, 0.6) is 0 Å². The Labute approximate surface area is 114 Å². The summed E-state index contributed by atoms with van der Waals surface area (Å²) in [5.41, 5.74) is 0.850. The number of thioether (sulfide) groups is 1. The summed E-state index contributed by atoms with van der Waals surface area (Å²) in [7, 11) is 0. The Morgan fingerprint density at radius 3 is 2.47 bits per heavy atom. The van der Waals surface area contributed by atoms with E-state index < -0.39 is 5.97 Å². The molecule has 0 bridgehead atoms. The predicted molar refractivity (Wildman–Crippen MR) is 71.2 cm³/mol. The molecule has 2 amide bonds. The van der Waals surface area contributed by atoms with Gasteiger partial charge in [-0.25, -0.2) is 4.79 Å². The highest BCUT2D eigenvalue weighted by molar-refractivity contribution is 8.00. The average molecular weight is 279 g/mol. The number of hydrogen-bond acceptors (Lipinski definition) is 4. The highest BCUT2D eigenvalue weighted by Gasteiger charge is 2.26. The van der Waals surface area contributed by atoms with E-state index in [4.69, 9.17) is 5.11 Å². The van der Waals surface area contributed by atoms with Crippen LogP contribution < -0.4 is 0 Å². The molecule has 0 spiro atoms. The van der Waals surface area contributed by atoms with Gasteiger partial charge in [-0.05, 0) is 18.1 Å². The van der Waals surface area contributed by atoms with Crippen molar-refractivity contribution in [3.8, 4) is 0 Å². The van der Waals surface area contributed by atoms with E-state index in [9.17, 15) is 14.4 Å². The third-order valence-electron chi connectivity index (χ3n) is 2.91. The van der Waals surface area contributed by atoms with Gasteiger partial charge in [0.25, 0.3) is 0 Å². The number of carbonyl (C=O) groups excluding carboxylic acids is 2. The molecule has 6 heteroatoms. The van der Waals surface area contributed by atoms with E-state index in [1.165, 1.54) is 22.7 Å². The summed E-state index contributed by atoms with van der Waals surface area (Å²) in [6.07, 6.45) is 0.366. The number of amides is 2. The molecular weight excluding hydrogens is 266 g/mol. The summed E-state index contributed by atoms with van der Waals surface area (Å²) >= 11 is 1.31. The molecule has 19 heavy (non-hydrogen) atoms. The molecule has 0 atom stereocenters. The van der Waals surface area contributed by atoms with Gasteiger partial charge in [0.2, 0.25) is 11.8 Å². The fourth-order valence-corrected chi connectivity index (χ4v) is 2.71. The molecule has 5 nitrogen and oxygen atoms in total. The minimum atomic E-state index is -0.998. The van der Waals surface area contributed by atoms with Crippen LogP contribution in [0, 0.1) is 0 Å². The molecule has 0 unspecified atom stereocenters. The number of imide groups is 1. The van der Waals surface area contributed by atoms with Gasteiger partial charge in [0.15, 0.2) is 0 Å². The standard InChI is InChI=1S/C13H13NO4S/c15-11-7-19-8-12(16)14(11)6-5-9-3-1-2-4-10(9)13(17)18/h1-4H,5-8H2,(H,17,18). The molecule has 0 saturated carbocycles. The van der Waals surface area contributed by atoms with Crippen molar-refractivity contribution in [2.75, 3.05) is 18.1 Å². The lowest BCUT2D eigenvalue weighted by Gasteiger charge is -2.24. The maximum atomic E-state index is 11.6. The molecule has 100 valence electrons. The molecule has 1 N–H and O–H groups in total. The maximum absolute atomic E-state index is 11.6. The van der Waals surface area contributed by atoms with E-state index in [1.807, 2.05) is 0 Å². The zero-order valence-corrected chi connectivity index (χ0v) is 11.0. The average Bonchev–Trinajstić information content (AvgIpc) is 2.38. The molecule has 1 aromatic carbocycles. The fourth-order valence-electron chi connectivity index (χ4n) is 1.95. The van der Waals surface area contributed by atoms with Crippen molar-refractivity contribution in [2.24, 2.45) is 0 Å². The Hall–Kier alpha value is -1.82. The molecule has 0 aromatic heterocycles. The summed E-state index contributed by atoms with van der Waals surface area (Å²) in [5, 5.41) is 9.06. The van der Waals surface area contributed by atoms with Crippen LogP contribution in [0.1, 0.15) is 15.9 Å². The lowest BCUT2D eigenvalue weighted by molar-refractivity contribution is -0.142. The Bertz CT molecular complexity index is 513. The number of aromatic carboxylic acids is 1. The van der Waals surface area contributed by atoms with Gasteiger partial charge < -0.3 is 5.11 Å². The summed E-state index contributed by atoms with van der Waals surface area (Å²) in [6, 6.07) is 6.63. The smallest absolute Gasteiger partial charge is 0.335 e. The third kappa shape index (κ3) is 3.14. The van der Waals surface area contributed by atoms with Crippen molar-refractivity contribution in [1.82, 2.24) is 4.90 Å². The van der Waals surface area contributed by atoms with E-state index in [-0.39, 0.29) is 23.9 Å². The minimum absolute atomic E-state index is 0.200. The van der Waals surface area contributed by atoms with E-state index in [2.05, 4.69) is 0 Å². The van der Waals surface area contributed by atoms with Gasteiger partial charge >= 0.3 is 5.97 Å². The van der Waals surface area contributed by atoms with Crippen LogP contribution in [0.3, 0.4) is 0 Å². The van der Waals surface area contributed by atoms with Gasteiger partial charge in [-0.2, -0.15) is 0 Å². The topological polar surface area (TPSA) is 74.7 Å². The molecule has 0 radical (unpaired) electrons. The first-order valence-electron chi connectivity index (χ1n) is 5.81. The highest BCUT2D eigenvalue weighted by Crippen LogP contribution is 2.15. The van der Waals surface area contributed by atoms with Crippen LogP contribution in [0.4, 0.5) is 0 Å². The van der Waals surface area contributed by atoms with Crippen LogP contribution in [0.2, 0.25) is 0 Å². The normalized spacial score (nSPS) is 15.7. The van der Waals surface area contributed by atoms with Gasteiger partial charge in [-0.15, -0.1) is 11.8 Å². The molecule has 1 aromatic rings. The third-order valence-corrected chi connectivity index (χ3v) is 3.81. The maximum Gasteiger partial charge on any atom is 0.335 e. The first kappa shape index (κ1) is 13.6. The fraction of sp³-hybridized carbons (Fsp3) is 0.308. The van der Waals surface area contributed by atoms with E-state index in [0.29, 0.717) is 23.5 Å². The van der Waals surface area contributed by atoms with E-state index >= 15 is 0 Å². The van der Waals surface area contributed by atoms with Crippen molar-refractivity contribution in [2.45, 2.75) is 6.42 Å². The SMILES string of the molecule is O=C(O)c1ccccc1CCN1C(=O)CSCC1=O. The highest BCUT2D eigenvalue weighted by atomic mass is 32.2. The second-order valence-corrected chi connectivity index (χ2v) is 5.13. The van der Waals surface area contributed by atoms with Crippen molar-refractivity contribution in [3.05, 3.63) is 35.4 Å². The lowest BCUT2D eigenvalue weighted by atomic mass is 10.0. The molecule has 1 aliphatic heterocycles. The predicted octanol–water partition coefficient (Wildman–Crippen LogP) is 1.03. The number of carboxylic acids is 1. The molecule has 2 rings (SSSR count). The quantitative estimate of drug-likeness (QED) is 0.833. The Balaban J connectivity index is 2.08. The number of carbonyl (C=O) groups is 3. The summed E-state index contributed by atoms with van der Waals surface area (Å²) in [6.45, 7) is 0.239. The van der Waals surface area contributed by atoms with Gasteiger partial charge in [-0.3, -0.25) is 14.5 Å². The number of nitrogens with zero attached hydrogens (tertiary/aromatic N) is 1. The van der Waals surface area contributed by atoms with Crippen LogP contribution in [-0.4, -0.2) is 45.8 Å². The Morgan fingerprint density at radius 2 is 1.84 bits per heavy atom. The summed E-state index contributed by atoms with van der Waals surface area (Å²) in [4.78, 5) is 35.5. The molecule has 1 aliphatic rings. The molecule has 1 heterocycles. The second-order valence-electron chi connectivity index (χ2n) is 4.14. The Morgan fingerprint density at radius 1 is 1.21 bits per heavy atom. The van der Waals surface area contributed by atoms with Gasteiger partial charge in [0.1, 0.15) is 0 Å². The number of benzene rings is 1. The molecule has 1 fully saturated rings. The first-order chi connectivity index (χ1) is 9.09. The van der Waals surface area contributed by atoms with E-state index in [0.717, 1.165) is 0 Å². The van der Waals surface area contributed by atoms with E-state index in [1.54, 1.807) is 18.2 Å². The van der Waals surface area contributed by atoms with Crippen molar-refractivity contribution >= 4 is 29.5 Å². The summed E-state index contributed by atoms with van der Waals surface area (Å²) in [5.74, 6) is -0.774. The second kappa shape index (κ2) is 5.88. The molecule has 0 aliphatic carbocycles. The van der Waals surface area contributed by atoms with Crippen LogP contribution in [0.25, 0.3) is 0 Å². The monoisotopic (exact) mass is 279 g/mol. The van der Waals surface area contributed by atoms with Gasteiger partial charge in [0.05, 0.1) is 17.1 Å². The van der Waals surface area contributed by atoms with Crippen molar-refractivity contribution in [3.63, 3.8) is 0 Å². The number of carboxylic acid groups (broad SMARTS) is 1. The van der Waals surface area contributed by atoms with Crippen LogP contribution in [0.15, 0.2) is 24.3 Å². The lowest BCUT2D eigenvalue weighted by Crippen LogP contribution is -2.44. The molecular formula is C13H13NO4S. The number of hydrogen-bond donors (Lipinski definition) is 1. The zero-order chi connectivity index (χ0) is 13.8. The number of rotatable bonds is 4.